The maximum atomic E-state index is 12.0. The number of hydrogen-bond acceptors (Lipinski definition) is 7. The molecule has 1 heterocycles. The van der Waals surface area contributed by atoms with Gasteiger partial charge in [0.15, 0.2) is 0 Å². The second-order valence-corrected chi connectivity index (χ2v) is 11.2. The van der Waals surface area contributed by atoms with E-state index >= 15 is 0 Å². The summed E-state index contributed by atoms with van der Waals surface area (Å²) in [5.74, 6) is 1.26. The fourth-order valence-electron chi connectivity index (χ4n) is 2.34. The summed E-state index contributed by atoms with van der Waals surface area (Å²) < 4.78 is -0.0447. The zero-order valence-electron chi connectivity index (χ0n) is 15.8. The maximum Gasteiger partial charge on any atom is 0.242 e. The van der Waals surface area contributed by atoms with E-state index in [1.807, 2.05) is 6.26 Å². The van der Waals surface area contributed by atoms with E-state index in [0.717, 1.165) is 5.75 Å². The number of Topliss-reactive ketones (excluding diaryl/α,β-unsaturated/α-hetero) is 1. The Morgan fingerprint density at radius 2 is 1.81 bits per heavy atom. The highest BCUT2D eigenvalue weighted by Crippen LogP contribution is 2.36. The molecule has 0 aromatic carbocycles. The first kappa shape index (κ1) is 23.4. The lowest BCUT2D eigenvalue weighted by atomic mass is 10.4. The van der Waals surface area contributed by atoms with Gasteiger partial charge in [-0.15, -0.1) is 23.5 Å². The Balaban J connectivity index is 2.20. The fraction of sp³-hybridized carbons (Fsp3) is 0.765. The number of ketones is 1. The van der Waals surface area contributed by atoms with Crippen LogP contribution in [0.4, 0.5) is 0 Å². The van der Waals surface area contributed by atoms with Crippen LogP contribution in [0.5, 0.6) is 0 Å². The van der Waals surface area contributed by atoms with Crippen molar-refractivity contribution in [1.82, 2.24) is 10.2 Å². The van der Waals surface area contributed by atoms with Gasteiger partial charge in [-0.25, -0.2) is 0 Å². The summed E-state index contributed by atoms with van der Waals surface area (Å²) in [6.07, 6.45) is 3.02. The summed E-state index contributed by atoms with van der Waals surface area (Å²) in [6.45, 7) is 6.30. The van der Waals surface area contributed by atoms with Crippen LogP contribution >= 0.6 is 35.3 Å². The normalized spacial score (nSPS) is 17.7. The summed E-state index contributed by atoms with van der Waals surface area (Å²) in [7, 11) is 0. The average Bonchev–Trinajstić information content (AvgIpc) is 2.81. The molecule has 1 aliphatic rings. The molecule has 9 heteroatoms. The zero-order chi connectivity index (χ0) is 19.7. The quantitative estimate of drug-likeness (QED) is 0.383. The third-order valence-corrected chi connectivity index (χ3v) is 7.68. The monoisotopic (exact) mass is 420 g/mol. The van der Waals surface area contributed by atoms with Crippen molar-refractivity contribution in [3.05, 3.63) is 0 Å². The summed E-state index contributed by atoms with van der Waals surface area (Å²) in [6, 6.07) is 0. The summed E-state index contributed by atoms with van der Waals surface area (Å²) in [4.78, 5) is 47.9. The van der Waals surface area contributed by atoms with Crippen molar-refractivity contribution in [2.24, 2.45) is 0 Å². The van der Waals surface area contributed by atoms with Crippen molar-refractivity contribution in [2.45, 2.75) is 49.4 Å². The van der Waals surface area contributed by atoms with E-state index < -0.39 is 0 Å². The minimum Gasteiger partial charge on any atom is -0.354 e. The van der Waals surface area contributed by atoms with Crippen LogP contribution in [0.25, 0.3) is 0 Å². The molecule has 6 nitrogen and oxygen atoms in total. The molecule has 0 radical (unpaired) electrons. The Bertz CT molecular complexity index is 540. The predicted molar refractivity (Wildman–Crippen MR) is 111 cm³/mol. The molecule has 1 fully saturated rings. The van der Waals surface area contributed by atoms with E-state index in [-0.39, 0.29) is 45.8 Å². The number of imide groups is 1. The number of likely N-dealkylation sites (tertiary alicyclic amines) is 1. The fourth-order valence-corrected chi connectivity index (χ4v) is 5.47. The molecule has 1 N–H and O–H groups in total. The standard InChI is InChI=1S/C17H28N2O4S3/c1-12(20)5-9-25-17(2,3)26-10-6-14(21)18-7-8-19-15(22)11-13(24-4)16(19)23/h13H,5-11H2,1-4H3,(H,18,21). The first-order valence-electron chi connectivity index (χ1n) is 8.57. The summed E-state index contributed by atoms with van der Waals surface area (Å²) in [5, 5.41) is 2.49. The van der Waals surface area contributed by atoms with Gasteiger partial charge in [0.25, 0.3) is 0 Å². The van der Waals surface area contributed by atoms with E-state index in [9.17, 15) is 19.2 Å². The van der Waals surface area contributed by atoms with Crippen LogP contribution in [0.1, 0.15) is 40.0 Å². The Morgan fingerprint density at radius 1 is 1.19 bits per heavy atom. The van der Waals surface area contributed by atoms with Gasteiger partial charge in [-0.3, -0.25) is 24.1 Å². The molecule has 0 aliphatic carbocycles. The highest BCUT2D eigenvalue weighted by atomic mass is 32.2. The molecule has 1 rings (SSSR count). The van der Waals surface area contributed by atoms with Gasteiger partial charge in [0.1, 0.15) is 5.78 Å². The van der Waals surface area contributed by atoms with Gasteiger partial charge in [-0.2, -0.15) is 11.8 Å². The molecule has 0 aromatic rings. The van der Waals surface area contributed by atoms with Crippen molar-refractivity contribution < 1.29 is 19.2 Å². The van der Waals surface area contributed by atoms with Crippen molar-refractivity contribution in [2.75, 3.05) is 30.9 Å². The van der Waals surface area contributed by atoms with Gasteiger partial charge >= 0.3 is 0 Å². The smallest absolute Gasteiger partial charge is 0.242 e. The molecule has 3 amide bonds. The lowest BCUT2D eigenvalue weighted by Gasteiger charge is -2.23. The third kappa shape index (κ3) is 8.35. The molecule has 26 heavy (non-hydrogen) atoms. The van der Waals surface area contributed by atoms with Crippen LogP contribution in [0.15, 0.2) is 0 Å². The Labute approximate surface area is 168 Å². The molecular formula is C17H28N2O4S3. The minimum absolute atomic E-state index is 0.0447. The van der Waals surface area contributed by atoms with Gasteiger partial charge in [-0.05, 0) is 27.0 Å². The van der Waals surface area contributed by atoms with Gasteiger partial charge in [0.05, 0.1) is 9.33 Å². The number of amides is 3. The molecule has 0 saturated carbocycles. The van der Waals surface area contributed by atoms with Crippen LogP contribution in [-0.4, -0.2) is 68.6 Å². The molecule has 1 unspecified atom stereocenters. The van der Waals surface area contributed by atoms with E-state index in [0.29, 0.717) is 25.1 Å². The van der Waals surface area contributed by atoms with Gasteiger partial charge < -0.3 is 5.32 Å². The topological polar surface area (TPSA) is 83.6 Å². The average molecular weight is 421 g/mol. The molecule has 1 atom stereocenters. The van der Waals surface area contributed by atoms with Crippen LogP contribution in [0, 0.1) is 0 Å². The highest BCUT2D eigenvalue weighted by molar-refractivity contribution is 8.18. The predicted octanol–water partition coefficient (Wildman–Crippen LogP) is 2.16. The van der Waals surface area contributed by atoms with Crippen LogP contribution in [-0.2, 0) is 19.2 Å². The van der Waals surface area contributed by atoms with Crippen molar-refractivity contribution in [1.29, 1.82) is 0 Å². The van der Waals surface area contributed by atoms with Crippen molar-refractivity contribution in [3.8, 4) is 0 Å². The molecule has 1 aliphatic heterocycles. The van der Waals surface area contributed by atoms with E-state index in [4.69, 9.17) is 0 Å². The third-order valence-electron chi connectivity index (χ3n) is 3.83. The number of thioether (sulfide) groups is 3. The second-order valence-electron chi connectivity index (χ2n) is 6.46. The Kier molecular flexibility index (Phi) is 10.1. The number of rotatable bonds is 12. The Hall–Kier alpha value is -0.670. The van der Waals surface area contributed by atoms with Gasteiger partial charge in [-0.1, -0.05) is 0 Å². The van der Waals surface area contributed by atoms with E-state index in [2.05, 4.69) is 19.2 Å². The van der Waals surface area contributed by atoms with Crippen molar-refractivity contribution in [3.63, 3.8) is 0 Å². The molecular weight excluding hydrogens is 392 g/mol. The number of nitrogens with zero attached hydrogens (tertiary/aromatic N) is 1. The van der Waals surface area contributed by atoms with E-state index in [1.54, 1.807) is 30.4 Å². The first-order chi connectivity index (χ1) is 12.2. The number of carbonyl (C=O) groups is 4. The maximum absolute atomic E-state index is 12.0. The highest BCUT2D eigenvalue weighted by Gasteiger charge is 2.37. The first-order valence-corrected chi connectivity index (χ1v) is 11.8. The molecule has 0 bridgehead atoms. The van der Waals surface area contributed by atoms with Crippen LogP contribution in [0.2, 0.25) is 0 Å². The molecule has 148 valence electrons. The SMILES string of the molecule is CSC1CC(=O)N(CCNC(=O)CCSC(C)(C)SCCC(C)=O)C1=O. The van der Waals surface area contributed by atoms with Crippen molar-refractivity contribution >= 4 is 58.8 Å². The largest absolute Gasteiger partial charge is 0.354 e. The van der Waals surface area contributed by atoms with Gasteiger partial charge in [0.2, 0.25) is 17.7 Å². The van der Waals surface area contributed by atoms with Crippen LogP contribution in [0.3, 0.4) is 0 Å². The Morgan fingerprint density at radius 3 is 2.35 bits per heavy atom. The number of carbonyl (C=O) groups excluding carboxylic acids is 4. The van der Waals surface area contributed by atoms with Crippen LogP contribution < -0.4 is 5.32 Å². The molecule has 1 saturated heterocycles. The number of nitrogens with one attached hydrogen (secondary N) is 1. The summed E-state index contributed by atoms with van der Waals surface area (Å²) in [5.41, 5.74) is 0. The lowest BCUT2D eigenvalue weighted by molar-refractivity contribution is -0.138. The zero-order valence-corrected chi connectivity index (χ0v) is 18.3. The van der Waals surface area contributed by atoms with E-state index in [1.165, 1.54) is 16.7 Å². The lowest BCUT2D eigenvalue weighted by Crippen LogP contribution is -2.39. The molecule has 0 spiro atoms. The molecule has 0 aromatic heterocycles. The second kappa shape index (κ2) is 11.2. The number of hydrogen-bond donors (Lipinski definition) is 1. The minimum atomic E-state index is -0.280. The van der Waals surface area contributed by atoms with Gasteiger partial charge in [0, 0.05) is 43.9 Å². The summed E-state index contributed by atoms with van der Waals surface area (Å²) >= 11 is 4.80.